The van der Waals surface area contributed by atoms with Crippen LogP contribution in [0.25, 0.3) is 0 Å². The molecule has 2 atom stereocenters. The average molecular weight is 303 g/mol. The van der Waals surface area contributed by atoms with Gasteiger partial charge in [-0.05, 0) is 12.8 Å². The number of aliphatic hydroxyl groups is 1. The van der Waals surface area contributed by atoms with Crippen molar-refractivity contribution in [1.82, 2.24) is 9.78 Å². The van der Waals surface area contributed by atoms with E-state index in [1.807, 2.05) is 0 Å². The van der Waals surface area contributed by atoms with Crippen molar-refractivity contribution in [2.45, 2.75) is 44.0 Å². The van der Waals surface area contributed by atoms with Gasteiger partial charge in [-0.1, -0.05) is 12.8 Å². The fourth-order valence-electron chi connectivity index (χ4n) is 2.50. The van der Waals surface area contributed by atoms with Gasteiger partial charge in [-0.3, -0.25) is 0 Å². The summed E-state index contributed by atoms with van der Waals surface area (Å²) in [6, 6.07) is 1.34. The Balaban J connectivity index is 2.27. The second kappa shape index (κ2) is 5.81. The molecule has 1 saturated carbocycles. The summed E-state index contributed by atoms with van der Waals surface area (Å²) < 4.78 is 38.0. The Labute approximate surface area is 119 Å². The Kier molecular flexibility index (Phi) is 4.27. The molecular weight excluding hydrogens is 287 g/mol. The molecule has 2 rings (SSSR count). The van der Waals surface area contributed by atoms with Crippen molar-refractivity contribution in [3.63, 3.8) is 0 Å². The van der Waals surface area contributed by atoms with Crippen molar-refractivity contribution in [3.8, 4) is 6.07 Å². The summed E-state index contributed by atoms with van der Waals surface area (Å²) in [6.45, 7) is -1.30. The van der Waals surface area contributed by atoms with Gasteiger partial charge in [0.05, 0.1) is 12.1 Å². The minimum absolute atomic E-state index is 0.0203. The Morgan fingerprint density at radius 1 is 1.43 bits per heavy atom. The summed E-state index contributed by atoms with van der Waals surface area (Å²) in [5.74, 6) is -0.224. The van der Waals surface area contributed by atoms with E-state index in [1.165, 1.54) is 4.68 Å². The normalized spacial score (nSPS) is 22.8. The quantitative estimate of drug-likeness (QED) is 0.790. The Morgan fingerprint density at radius 2 is 2.10 bits per heavy atom. The Bertz CT molecular complexity index is 548. The molecule has 1 aromatic heterocycles. The molecule has 1 aliphatic rings. The van der Waals surface area contributed by atoms with Crippen LogP contribution in [-0.4, -0.2) is 33.7 Å². The van der Waals surface area contributed by atoms with Gasteiger partial charge in [-0.2, -0.15) is 23.5 Å². The van der Waals surface area contributed by atoms with Crippen molar-refractivity contribution >= 4 is 11.6 Å². The van der Waals surface area contributed by atoms with E-state index in [0.29, 0.717) is 12.8 Å². The number of hydrogen-bond donors (Lipinski definition) is 3. The van der Waals surface area contributed by atoms with Crippen molar-refractivity contribution in [1.29, 1.82) is 5.26 Å². The standard InChI is InChI=1S/C12H16F3N5O/c13-12(14,15)6-18-11-7(5-16)10(17)20(19-11)8-3-1-2-4-9(8)21/h8-9,21H,1-4,6,17H2,(H,18,19). The third-order valence-electron chi connectivity index (χ3n) is 3.52. The first-order chi connectivity index (χ1) is 9.83. The summed E-state index contributed by atoms with van der Waals surface area (Å²) in [6.07, 6.45) is -2.14. The first-order valence-electron chi connectivity index (χ1n) is 6.60. The van der Waals surface area contributed by atoms with E-state index in [-0.39, 0.29) is 17.2 Å². The first-order valence-corrected chi connectivity index (χ1v) is 6.60. The van der Waals surface area contributed by atoms with Crippen LogP contribution in [0.1, 0.15) is 37.3 Å². The Hall–Kier alpha value is -1.95. The van der Waals surface area contributed by atoms with Crippen LogP contribution in [0.4, 0.5) is 24.8 Å². The monoisotopic (exact) mass is 303 g/mol. The lowest BCUT2D eigenvalue weighted by Crippen LogP contribution is -2.29. The molecule has 0 spiro atoms. The number of halogens is 3. The van der Waals surface area contributed by atoms with Gasteiger partial charge in [0, 0.05) is 0 Å². The van der Waals surface area contributed by atoms with Gasteiger partial charge in [0.15, 0.2) is 5.82 Å². The fraction of sp³-hybridized carbons (Fsp3) is 0.667. The molecule has 0 aromatic carbocycles. The van der Waals surface area contributed by atoms with Crippen molar-refractivity contribution in [2.75, 3.05) is 17.6 Å². The predicted molar refractivity (Wildman–Crippen MR) is 69.4 cm³/mol. The molecule has 4 N–H and O–H groups in total. The molecule has 21 heavy (non-hydrogen) atoms. The van der Waals surface area contributed by atoms with E-state index in [2.05, 4.69) is 10.4 Å². The maximum absolute atomic E-state index is 12.2. The number of nitrogens with one attached hydrogen (secondary N) is 1. The topological polar surface area (TPSA) is 99.9 Å². The zero-order valence-corrected chi connectivity index (χ0v) is 11.2. The number of hydrogen-bond acceptors (Lipinski definition) is 5. The van der Waals surface area contributed by atoms with Crippen LogP contribution < -0.4 is 11.1 Å². The number of aliphatic hydroxyl groups excluding tert-OH is 1. The van der Waals surface area contributed by atoms with E-state index in [1.54, 1.807) is 6.07 Å². The molecule has 116 valence electrons. The molecule has 1 aliphatic carbocycles. The second-order valence-electron chi connectivity index (χ2n) is 5.05. The van der Waals surface area contributed by atoms with E-state index < -0.39 is 24.9 Å². The summed E-state index contributed by atoms with van der Waals surface area (Å²) in [5.41, 5.74) is 5.66. The number of rotatable bonds is 3. The highest BCUT2D eigenvalue weighted by molar-refractivity contribution is 5.64. The smallest absolute Gasteiger partial charge is 0.391 e. The number of nitrogen functional groups attached to an aromatic ring is 1. The van der Waals surface area contributed by atoms with Crippen molar-refractivity contribution < 1.29 is 18.3 Å². The molecule has 2 unspecified atom stereocenters. The van der Waals surface area contributed by atoms with Crippen LogP contribution in [0.15, 0.2) is 0 Å². The summed E-state index contributed by atoms with van der Waals surface area (Å²) in [5, 5.41) is 25.1. The van der Waals surface area contributed by atoms with Crippen molar-refractivity contribution in [3.05, 3.63) is 5.56 Å². The van der Waals surface area contributed by atoms with E-state index in [9.17, 15) is 18.3 Å². The van der Waals surface area contributed by atoms with Crippen LogP contribution in [-0.2, 0) is 0 Å². The maximum atomic E-state index is 12.2. The average Bonchev–Trinajstić information content (AvgIpc) is 2.72. The molecule has 0 saturated heterocycles. The van der Waals surface area contributed by atoms with Gasteiger partial charge < -0.3 is 16.2 Å². The molecule has 0 amide bonds. The molecule has 1 fully saturated rings. The van der Waals surface area contributed by atoms with Gasteiger partial charge in [0.2, 0.25) is 0 Å². The zero-order valence-electron chi connectivity index (χ0n) is 11.2. The van der Waals surface area contributed by atoms with Crippen LogP contribution in [0.5, 0.6) is 0 Å². The van der Waals surface area contributed by atoms with Gasteiger partial charge >= 0.3 is 6.18 Å². The van der Waals surface area contributed by atoms with Crippen LogP contribution in [0.3, 0.4) is 0 Å². The van der Waals surface area contributed by atoms with E-state index in [0.717, 1.165) is 12.8 Å². The van der Waals surface area contributed by atoms with Gasteiger partial charge in [-0.25, -0.2) is 4.68 Å². The molecule has 9 heteroatoms. The number of anilines is 2. The lowest BCUT2D eigenvalue weighted by atomic mass is 9.93. The molecule has 1 heterocycles. The van der Waals surface area contributed by atoms with Crippen LogP contribution in [0.2, 0.25) is 0 Å². The molecule has 0 radical (unpaired) electrons. The third kappa shape index (κ3) is 3.39. The fourth-order valence-corrected chi connectivity index (χ4v) is 2.50. The van der Waals surface area contributed by atoms with Crippen molar-refractivity contribution in [2.24, 2.45) is 0 Å². The SMILES string of the molecule is N#Cc1c(NCC(F)(F)F)nn(C2CCCCC2O)c1N. The maximum Gasteiger partial charge on any atom is 0.405 e. The molecular formula is C12H16F3N5O. The molecule has 1 aromatic rings. The number of aromatic nitrogens is 2. The Morgan fingerprint density at radius 3 is 2.67 bits per heavy atom. The minimum Gasteiger partial charge on any atom is -0.391 e. The number of nitrogens with two attached hydrogens (primary N) is 1. The molecule has 0 bridgehead atoms. The molecule has 6 nitrogen and oxygen atoms in total. The highest BCUT2D eigenvalue weighted by atomic mass is 19.4. The lowest BCUT2D eigenvalue weighted by Gasteiger charge is -2.28. The summed E-state index contributed by atoms with van der Waals surface area (Å²) in [4.78, 5) is 0. The first kappa shape index (κ1) is 15.4. The summed E-state index contributed by atoms with van der Waals surface area (Å²) >= 11 is 0. The minimum atomic E-state index is -4.42. The number of nitriles is 1. The largest absolute Gasteiger partial charge is 0.405 e. The highest BCUT2D eigenvalue weighted by Gasteiger charge is 2.31. The van der Waals surface area contributed by atoms with Gasteiger partial charge in [-0.15, -0.1) is 0 Å². The third-order valence-corrected chi connectivity index (χ3v) is 3.52. The van der Waals surface area contributed by atoms with E-state index in [4.69, 9.17) is 11.0 Å². The van der Waals surface area contributed by atoms with E-state index >= 15 is 0 Å². The number of alkyl halides is 3. The number of nitrogens with zero attached hydrogens (tertiary/aromatic N) is 3. The lowest BCUT2D eigenvalue weighted by molar-refractivity contribution is -0.115. The van der Waals surface area contributed by atoms with Gasteiger partial charge in [0.25, 0.3) is 0 Å². The molecule has 0 aliphatic heterocycles. The highest BCUT2D eigenvalue weighted by Crippen LogP contribution is 2.33. The van der Waals surface area contributed by atoms with Crippen LogP contribution >= 0.6 is 0 Å². The predicted octanol–water partition coefficient (Wildman–Crippen LogP) is 1.79. The van der Waals surface area contributed by atoms with Crippen LogP contribution in [0, 0.1) is 11.3 Å². The summed E-state index contributed by atoms with van der Waals surface area (Å²) in [7, 11) is 0. The second-order valence-corrected chi connectivity index (χ2v) is 5.05. The van der Waals surface area contributed by atoms with Gasteiger partial charge in [0.1, 0.15) is 24.0 Å². The zero-order chi connectivity index (χ0) is 15.6.